The van der Waals surface area contributed by atoms with Crippen LogP contribution in [0.25, 0.3) is 0 Å². The zero-order chi connectivity index (χ0) is 26.5. The van der Waals surface area contributed by atoms with Crippen molar-refractivity contribution < 1.29 is 23.5 Å². The highest BCUT2D eigenvalue weighted by Gasteiger charge is 2.31. The molecular formula is C28H37FN4O4. The molecule has 37 heavy (non-hydrogen) atoms. The molecule has 1 fully saturated rings. The van der Waals surface area contributed by atoms with Gasteiger partial charge in [-0.1, -0.05) is 19.1 Å². The van der Waals surface area contributed by atoms with Gasteiger partial charge in [0, 0.05) is 45.5 Å². The molecular weight excluding hydrogens is 475 g/mol. The Bertz CT molecular complexity index is 1110. The second-order valence-corrected chi connectivity index (χ2v) is 10.3. The number of methoxy groups -OCH3 is 1. The number of urea groups is 1. The molecule has 1 aliphatic heterocycles. The number of carbonyl (C=O) groups excluding carboxylic acids is 2. The number of likely N-dealkylation sites (N-methyl/N-ethyl adjacent to an activating group) is 1. The summed E-state index contributed by atoms with van der Waals surface area (Å²) in [4.78, 5) is 30.1. The number of benzene rings is 2. The van der Waals surface area contributed by atoms with Gasteiger partial charge >= 0.3 is 6.03 Å². The maximum Gasteiger partial charge on any atom is 0.323 e. The summed E-state index contributed by atoms with van der Waals surface area (Å²) in [5.74, 6) is 0.648. The third-order valence-electron chi connectivity index (χ3n) is 7.14. The highest BCUT2D eigenvalue weighted by molar-refractivity contribution is 6.02. The van der Waals surface area contributed by atoms with Crippen LogP contribution in [0.4, 0.5) is 20.6 Å². The quantitative estimate of drug-likeness (QED) is 0.608. The predicted molar refractivity (Wildman–Crippen MR) is 142 cm³/mol. The highest BCUT2D eigenvalue weighted by Crippen LogP contribution is 2.32. The third-order valence-corrected chi connectivity index (χ3v) is 7.14. The van der Waals surface area contributed by atoms with Crippen LogP contribution in [-0.2, 0) is 4.74 Å². The van der Waals surface area contributed by atoms with Gasteiger partial charge in [-0.25, -0.2) is 9.18 Å². The van der Waals surface area contributed by atoms with E-state index in [0.29, 0.717) is 30.2 Å². The lowest BCUT2D eigenvalue weighted by atomic mass is 10.0. The van der Waals surface area contributed by atoms with E-state index in [4.69, 9.17) is 9.47 Å². The maximum atomic E-state index is 13.9. The van der Waals surface area contributed by atoms with Gasteiger partial charge in [-0.05, 0) is 61.9 Å². The van der Waals surface area contributed by atoms with Gasteiger partial charge in [0.25, 0.3) is 5.91 Å². The number of fused-ring (bicyclic) bond motifs is 1. The predicted octanol–water partition coefficient (Wildman–Crippen LogP) is 4.69. The van der Waals surface area contributed by atoms with Gasteiger partial charge in [0.15, 0.2) is 0 Å². The summed E-state index contributed by atoms with van der Waals surface area (Å²) in [5.41, 5.74) is 0.801. The number of hydrogen-bond acceptors (Lipinski definition) is 5. The molecule has 2 aliphatic rings. The number of carbonyl (C=O) groups is 2. The maximum absolute atomic E-state index is 13.9. The van der Waals surface area contributed by atoms with Crippen molar-refractivity contribution in [3.05, 3.63) is 53.8 Å². The zero-order valence-electron chi connectivity index (χ0n) is 22.0. The summed E-state index contributed by atoms with van der Waals surface area (Å²) in [7, 11) is 3.43. The summed E-state index contributed by atoms with van der Waals surface area (Å²) in [6.07, 6.45) is 2.42. The average Bonchev–Trinajstić information content (AvgIpc) is 3.70. The molecule has 8 nitrogen and oxygen atoms in total. The summed E-state index contributed by atoms with van der Waals surface area (Å²) < 4.78 is 25.9. The number of para-hydroxylation sites is 1. The average molecular weight is 513 g/mol. The Morgan fingerprint density at radius 1 is 1.14 bits per heavy atom. The van der Waals surface area contributed by atoms with Crippen molar-refractivity contribution in [1.29, 1.82) is 0 Å². The zero-order valence-corrected chi connectivity index (χ0v) is 22.0. The first-order chi connectivity index (χ1) is 17.7. The molecule has 2 aromatic rings. The molecule has 0 bridgehead atoms. The molecule has 3 amide bonds. The van der Waals surface area contributed by atoms with Crippen molar-refractivity contribution in [3.8, 4) is 5.75 Å². The normalized spacial score (nSPS) is 23.3. The fourth-order valence-electron chi connectivity index (χ4n) is 4.66. The van der Waals surface area contributed by atoms with Crippen molar-refractivity contribution >= 4 is 23.3 Å². The van der Waals surface area contributed by atoms with E-state index in [1.54, 1.807) is 49.4 Å². The standard InChI is InChI=1S/C28H37FN4O4/c1-18-14-33(15-20-9-10-20)19(2)17-37-25-12-11-21(13-22(25)27(34)32(3)16-26(18)36-4)30-28(35)31-24-8-6-5-7-23(24)29/h5-8,11-13,18-20,26H,9-10,14-17H2,1-4H3,(H2,30,31,35)/t18-,19+,26+/m0/s1. The molecule has 1 heterocycles. The summed E-state index contributed by atoms with van der Waals surface area (Å²) >= 11 is 0. The molecule has 0 unspecified atom stereocenters. The number of rotatable bonds is 5. The Kier molecular flexibility index (Phi) is 8.66. The lowest BCUT2D eigenvalue weighted by molar-refractivity contribution is 0.00994. The Balaban J connectivity index is 1.56. The number of anilines is 2. The van der Waals surface area contributed by atoms with Crippen LogP contribution in [0.1, 0.15) is 37.0 Å². The minimum atomic E-state index is -0.613. The first-order valence-electron chi connectivity index (χ1n) is 12.9. The minimum absolute atomic E-state index is 0.0647. The van der Waals surface area contributed by atoms with E-state index in [9.17, 15) is 14.0 Å². The van der Waals surface area contributed by atoms with Gasteiger partial charge in [0.05, 0.1) is 17.4 Å². The van der Waals surface area contributed by atoms with Gasteiger partial charge in [-0.3, -0.25) is 9.69 Å². The Hall–Kier alpha value is -3.17. The number of nitrogens with zero attached hydrogens (tertiary/aromatic N) is 2. The van der Waals surface area contributed by atoms with Gasteiger partial charge in [-0.15, -0.1) is 0 Å². The molecule has 4 rings (SSSR count). The van der Waals surface area contributed by atoms with E-state index in [1.165, 1.54) is 25.0 Å². The molecule has 0 radical (unpaired) electrons. The fraction of sp³-hybridized carbons (Fsp3) is 0.500. The van der Waals surface area contributed by atoms with Crippen molar-refractivity contribution in [2.24, 2.45) is 11.8 Å². The van der Waals surface area contributed by atoms with Gasteiger partial charge in [-0.2, -0.15) is 0 Å². The number of ether oxygens (including phenoxy) is 2. The van der Waals surface area contributed by atoms with Crippen LogP contribution in [0, 0.1) is 17.7 Å². The molecule has 2 aromatic carbocycles. The van der Waals surface area contributed by atoms with Gasteiger partial charge < -0.3 is 25.0 Å². The molecule has 3 atom stereocenters. The first kappa shape index (κ1) is 26.9. The Morgan fingerprint density at radius 3 is 2.59 bits per heavy atom. The molecule has 1 saturated carbocycles. The van der Waals surface area contributed by atoms with Crippen molar-refractivity contribution in [3.63, 3.8) is 0 Å². The van der Waals surface area contributed by atoms with E-state index in [1.807, 2.05) is 0 Å². The lowest BCUT2D eigenvalue weighted by Crippen LogP contribution is -2.47. The largest absolute Gasteiger partial charge is 0.491 e. The second-order valence-electron chi connectivity index (χ2n) is 10.3. The van der Waals surface area contributed by atoms with Crippen LogP contribution < -0.4 is 15.4 Å². The van der Waals surface area contributed by atoms with Crippen LogP contribution in [-0.4, -0.2) is 74.3 Å². The summed E-state index contributed by atoms with van der Waals surface area (Å²) in [6, 6.07) is 10.4. The molecule has 0 spiro atoms. The summed E-state index contributed by atoms with van der Waals surface area (Å²) in [5, 5.41) is 5.18. The van der Waals surface area contributed by atoms with Crippen molar-refractivity contribution in [2.45, 2.75) is 38.8 Å². The fourth-order valence-corrected chi connectivity index (χ4v) is 4.66. The molecule has 200 valence electrons. The van der Waals surface area contributed by atoms with Crippen LogP contribution in [0.2, 0.25) is 0 Å². The lowest BCUT2D eigenvalue weighted by Gasteiger charge is -2.36. The van der Waals surface area contributed by atoms with Gasteiger partial charge in [0.2, 0.25) is 0 Å². The van der Waals surface area contributed by atoms with E-state index in [0.717, 1.165) is 19.0 Å². The van der Waals surface area contributed by atoms with Crippen LogP contribution in [0.5, 0.6) is 5.75 Å². The van der Waals surface area contributed by atoms with Crippen molar-refractivity contribution in [1.82, 2.24) is 9.80 Å². The smallest absolute Gasteiger partial charge is 0.323 e. The van der Waals surface area contributed by atoms with E-state index in [-0.39, 0.29) is 29.7 Å². The Labute approximate surface area is 218 Å². The monoisotopic (exact) mass is 512 g/mol. The molecule has 2 N–H and O–H groups in total. The molecule has 0 saturated heterocycles. The van der Waals surface area contributed by atoms with E-state index >= 15 is 0 Å². The number of nitrogens with one attached hydrogen (secondary N) is 2. The van der Waals surface area contributed by atoms with Crippen LogP contribution in [0.3, 0.4) is 0 Å². The van der Waals surface area contributed by atoms with Crippen LogP contribution in [0.15, 0.2) is 42.5 Å². The molecule has 0 aromatic heterocycles. The highest BCUT2D eigenvalue weighted by atomic mass is 19.1. The number of halogens is 1. The minimum Gasteiger partial charge on any atom is -0.491 e. The molecule has 1 aliphatic carbocycles. The third kappa shape index (κ3) is 6.99. The second kappa shape index (κ2) is 11.9. The van der Waals surface area contributed by atoms with Gasteiger partial charge in [0.1, 0.15) is 18.2 Å². The number of amides is 3. The van der Waals surface area contributed by atoms with Crippen molar-refractivity contribution in [2.75, 3.05) is 51.0 Å². The van der Waals surface area contributed by atoms with E-state index < -0.39 is 11.8 Å². The SMILES string of the molecule is CO[C@@H]1CN(C)C(=O)c2cc(NC(=O)Nc3ccccc3F)ccc2OC[C@@H](C)N(CC2CC2)C[C@@H]1C. The first-order valence-corrected chi connectivity index (χ1v) is 12.9. The summed E-state index contributed by atoms with van der Waals surface area (Å²) in [6.45, 7) is 7.07. The van der Waals surface area contributed by atoms with E-state index in [2.05, 4.69) is 29.4 Å². The Morgan fingerprint density at radius 2 is 1.89 bits per heavy atom. The molecule has 9 heteroatoms. The number of hydrogen-bond donors (Lipinski definition) is 2. The topological polar surface area (TPSA) is 83.1 Å². The van der Waals surface area contributed by atoms with Crippen LogP contribution >= 0.6 is 0 Å².